The zero-order chi connectivity index (χ0) is 19.1. The lowest BCUT2D eigenvalue weighted by Crippen LogP contribution is -2.53. The normalized spacial score (nSPS) is 16.1. The Balaban J connectivity index is 1.60. The second kappa shape index (κ2) is 9.55. The van der Waals surface area contributed by atoms with Crippen LogP contribution in [0.1, 0.15) is 26.5 Å². The zero-order valence-electron chi connectivity index (χ0n) is 16.7. The quantitative estimate of drug-likeness (QED) is 0.626. The lowest BCUT2D eigenvalue weighted by Gasteiger charge is -2.37. The highest BCUT2D eigenvalue weighted by Crippen LogP contribution is 2.18. The Morgan fingerprint density at radius 2 is 1.93 bits per heavy atom. The third kappa shape index (κ3) is 5.57. The van der Waals surface area contributed by atoms with Crippen molar-refractivity contribution in [3.8, 4) is 11.5 Å². The van der Waals surface area contributed by atoms with Crippen LogP contribution in [-0.2, 0) is 6.54 Å². The number of benzene rings is 1. The van der Waals surface area contributed by atoms with Crippen LogP contribution in [0.4, 0.5) is 0 Å². The molecular formula is C21H31N5O. The number of aliphatic imine (C=N–C) groups is 1. The molecule has 2 heterocycles. The minimum absolute atomic E-state index is 0.519. The first-order chi connectivity index (χ1) is 13.2. The van der Waals surface area contributed by atoms with Crippen molar-refractivity contribution in [2.24, 2.45) is 10.9 Å². The number of hydrogen-bond donors (Lipinski definition) is 1. The number of piperazine rings is 1. The van der Waals surface area contributed by atoms with Gasteiger partial charge in [-0.25, -0.2) is 9.98 Å². The molecule has 0 spiro atoms. The van der Waals surface area contributed by atoms with E-state index in [1.807, 2.05) is 30.3 Å². The largest absolute Gasteiger partial charge is 0.444 e. The Hall–Kier alpha value is -2.34. The minimum atomic E-state index is 0.519. The van der Waals surface area contributed by atoms with E-state index < -0.39 is 0 Å². The summed E-state index contributed by atoms with van der Waals surface area (Å²) in [5, 5.41) is 3.42. The molecule has 3 rings (SSSR count). The van der Waals surface area contributed by atoms with Crippen molar-refractivity contribution in [3.63, 3.8) is 0 Å². The van der Waals surface area contributed by atoms with E-state index in [1.54, 1.807) is 6.26 Å². The fourth-order valence-electron chi connectivity index (χ4n) is 3.33. The fourth-order valence-corrected chi connectivity index (χ4v) is 3.33. The molecule has 1 aromatic carbocycles. The Morgan fingerprint density at radius 1 is 1.19 bits per heavy atom. The van der Waals surface area contributed by atoms with Crippen LogP contribution in [0.15, 0.2) is 46.0 Å². The van der Waals surface area contributed by atoms with Gasteiger partial charge in [-0.1, -0.05) is 32.0 Å². The van der Waals surface area contributed by atoms with Gasteiger partial charge in [-0.3, -0.25) is 4.90 Å². The fraction of sp³-hybridized carbons (Fsp3) is 0.524. The average molecular weight is 370 g/mol. The van der Waals surface area contributed by atoms with Crippen LogP contribution in [0.3, 0.4) is 0 Å². The lowest BCUT2D eigenvalue weighted by molar-refractivity contribution is 0.164. The number of oxazole rings is 1. The molecule has 1 fully saturated rings. The van der Waals surface area contributed by atoms with Gasteiger partial charge in [0.05, 0.1) is 6.54 Å². The van der Waals surface area contributed by atoms with Gasteiger partial charge in [-0.15, -0.1) is 0 Å². The van der Waals surface area contributed by atoms with Gasteiger partial charge in [-0.2, -0.15) is 0 Å². The summed E-state index contributed by atoms with van der Waals surface area (Å²) in [5.74, 6) is 2.32. The highest BCUT2D eigenvalue weighted by atomic mass is 16.3. The Labute approximate surface area is 162 Å². The summed E-state index contributed by atoms with van der Waals surface area (Å²) in [6, 6.07) is 9.96. The Bertz CT molecular complexity index is 717. The van der Waals surface area contributed by atoms with Crippen LogP contribution in [0.25, 0.3) is 11.5 Å². The SMILES string of the molecule is CCNC(=NCc1coc(-c2ccccc2)n1)N1CCN(CC(C)C)CC1. The molecule has 0 bridgehead atoms. The first-order valence-corrected chi connectivity index (χ1v) is 9.91. The van der Waals surface area contributed by atoms with Gasteiger partial charge in [0.1, 0.15) is 12.0 Å². The maximum atomic E-state index is 5.62. The number of nitrogens with one attached hydrogen (secondary N) is 1. The van der Waals surface area contributed by atoms with Gasteiger partial charge >= 0.3 is 0 Å². The predicted octanol–water partition coefficient (Wildman–Crippen LogP) is 3.08. The number of nitrogens with zero attached hydrogens (tertiary/aromatic N) is 4. The average Bonchev–Trinajstić information content (AvgIpc) is 3.15. The van der Waals surface area contributed by atoms with Crippen LogP contribution in [0.2, 0.25) is 0 Å². The third-order valence-corrected chi connectivity index (χ3v) is 4.59. The maximum absolute atomic E-state index is 5.62. The molecule has 27 heavy (non-hydrogen) atoms. The Kier molecular flexibility index (Phi) is 6.87. The molecule has 2 aromatic rings. The predicted molar refractivity (Wildman–Crippen MR) is 110 cm³/mol. The molecule has 0 atom stereocenters. The van der Waals surface area contributed by atoms with E-state index in [9.17, 15) is 0 Å². The lowest BCUT2D eigenvalue weighted by atomic mass is 10.2. The molecule has 1 aliphatic heterocycles. The molecule has 0 amide bonds. The first-order valence-electron chi connectivity index (χ1n) is 9.91. The van der Waals surface area contributed by atoms with Crippen molar-refractivity contribution < 1.29 is 4.42 Å². The summed E-state index contributed by atoms with van der Waals surface area (Å²) in [4.78, 5) is 14.2. The molecule has 1 aromatic heterocycles. The van der Waals surface area contributed by atoms with Crippen molar-refractivity contribution in [2.45, 2.75) is 27.3 Å². The Morgan fingerprint density at radius 3 is 2.59 bits per heavy atom. The summed E-state index contributed by atoms with van der Waals surface area (Å²) in [6.45, 7) is 13.4. The van der Waals surface area contributed by atoms with Crippen molar-refractivity contribution in [3.05, 3.63) is 42.3 Å². The van der Waals surface area contributed by atoms with E-state index in [1.165, 1.54) is 6.54 Å². The van der Waals surface area contributed by atoms with E-state index in [0.29, 0.717) is 18.4 Å². The van der Waals surface area contributed by atoms with Crippen LogP contribution in [0.5, 0.6) is 0 Å². The second-order valence-electron chi connectivity index (χ2n) is 7.36. The highest BCUT2D eigenvalue weighted by molar-refractivity contribution is 5.80. The summed E-state index contributed by atoms with van der Waals surface area (Å²) in [5.41, 5.74) is 1.84. The molecule has 0 radical (unpaired) electrons. The number of rotatable bonds is 6. The molecule has 0 unspecified atom stereocenters. The van der Waals surface area contributed by atoms with Gasteiger partial charge in [0.15, 0.2) is 5.96 Å². The van der Waals surface area contributed by atoms with E-state index in [0.717, 1.165) is 49.9 Å². The first kappa shape index (κ1) is 19.4. The number of aromatic nitrogens is 1. The molecule has 0 aliphatic carbocycles. The molecule has 1 N–H and O–H groups in total. The summed E-state index contributed by atoms with van der Waals surface area (Å²) in [6.07, 6.45) is 1.70. The second-order valence-corrected chi connectivity index (χ2v) is 7.36. The monoisotopic (exact) mass is 369 g/mol. The van der Waals surface area contributed by atoms with Crippen LogP contribution in [0, 0.1) is 5.92 Å². The van der Waals surface area contributed by atoms with E-state index in [-0.39, 0.29) is 0 Å². The van der Waals surface area contributed by atoms with E-state index in [4.69, 9.17) is 9.41 Å². The number of hydrogen-bond acceptors (Lipinski definition) is 4. The van der Waals surface area contributed by atoms with Gasteiger partial charge in [-0.05, 0) is 25.0 Å². The molecular weight excluding hydrogens is 338 g/mol. The van der Waals surface area contributed by atoms with Crippen LogP contribution in [-0.4, -0.2) is 60.0 Å². The molecule has 0 saturated carbocycles. The molecule has 1 aliphatic rings. The van der Waals surface area contributed by atoms with Crippen molar-refractivity contribution in [2.75, 3.05) is 39.3 Å². The summed E-state index contributed by atoms with van der Waals surface area (Å²) < 4.78 is 5.62. The van der Waals surface area contributed by atoms with Gasteiger partial charge in [0.25, 0.3) is 0 Å². The third-order valence-electron chi connectivity index (χ3n) is 4.59. The summed E-state index contributed by atoms with van der Waals surface area (Å²) >= 11 is 0. The zero-order valence-corrected chi connectivity index (χ0v) is 16.7. The highest BCUT2D eigenvalue weighted by Gasteiger charge is 2.20. The van der Waals surface area contributed by atoms with Crippen LogP contribution >= 0.6 is 0 Å². The standard InChI is InChI=1S/C21H31N5O/c1-4-22-21(26-12-10-25(11-13-26)15-17(2)3)23-14-19-16-27-20(24-19)18-8-6-5-7-9-18/h5-9,16-17H,4,10-15H2,1-3H3,(H,22,23). The van der Waals surface area contributed by atoms with Crippen LogP contribution < -0.4 is 5.32 Å². The molecule has 146 valence electrons. The van der Waals surface area contributed by atoms with Gasteiger partial charge in [0, 0.05) is 44.8 Å². The topological polar surface area (TPSA) is 56.9 Å². The van der Waals surface area contributed by atoms with Gasteiger partial charge in [0.2, 0.25) is 5.89 Å². The van der Waals surface area contributed by atoms with Crippen molar-refractivity contribution >= 4 is 5.96 Å². The molecule has 6 nitrogen and oxygen atoms in total. The van der Waals surface area contributed by atoms with Crippen molar-refractivity contribution in [1.82, 2.24) is 20.1 Å². The smallest absolute Gasteiger partial charge is 0.226 e. The van der Waals surface area contributed by atoms with E-state index >= 15 is 0 Å². The number of guanidine groups is 1. The molecule has 1 saturated heterocycles. The molecule has 6 heteroatoms. The minimum Gasteiger partial charge on any atom is -0.444 e. The van der Waals surface area contributed by atoms with Crippen molar-refractivity contribution in [1.29, 1.82) is 0 Å². The summed E-state index contributed by atoms with van der Waals surface area (Å²) in [7, 11) is 0. The van der Waals surface area contributed by atoms with Gasteiger partial charge < -0.3 is 14.6 Å². The van der Waals surface area contributed by atoms with E-state index in [2.05, 4.69) is 40.9 Å². The maximum Gasteiger partial charge on any atom is 0.226 e.